The third-order valence-electron chi connectivity index (χ3n) is 3.41. The average molecular weight is 323 g/mol. The Morgan fingerprint density at radius 3 is 2.84 bits per heavy atom. The Labute approximate surface area is 119 Å². The number of aromatic nitrogens is 1. The molecule has 19 heavy (non-hydrogen) atoms. The quantitative estimate of drug-likeness (QED) is 0.892. The summed E-state index contributed by atoms with van der Waals surface area (Å²) in [5, 5.41) is 4.89. The second-order valence-corrected chi connectivity index (χ2v) is 5.60. The van der Waals surface area contributed by atoms with Crippen LogP contribution in [-0.4, -0.2) is 24.2 Å². The summed E-state index contributed by atoms with van der Waals surface area (Å²) in [6, 6.07) is 5.64. The van der Waals surface area contributed by atoms with Crippen molar-refractivity contribution in [1.82, 2.24) is 10.3 Å². The smallest absolute Gasteiger partial charge is 0.255 e. The molecule has 0 radical (unpaired) electrons. The van der Waals surface area contributed by atoms with E-state index in [9.17, 15) is 4.79 Å². The van der Waals surface area contributed by atoms with Crippen LogP contribution < -0.4 is 15.6 Å². The molecule has 2 aromatic rings. The molecule has 0 amide bonds. The Kier molecular flexibility index (Phi) is 3.57. The van der Waals surface area contributed by atoms with Gasteiger partial charge in [-0.25, -0.2) is 0 Å². The first-order chi connectivity index (χ1) is 9.24. The van der Waals surface area contributed by atoms with Crippen molar-refractivity contribution >= 4 is 26.7 Å². The summed E-state index contributed by atoms with van der Waals surface area (Å²) < 4.78 is 6.86. The van der Waals surface area contributed by atoms with Crippen LogP contribution in [0, 0.1) is 0 Å². The summed E-state index contributed by atoms with van der Waals surface area (Å²) in [6.45, 7) is 1.99. The van der Waals surface area contributed by atoms with E-state index in [1.54, 1.807) is 6.20 Å². The number of benzene rings is 1. The van der Waals surface area contributed by atoms with Crippen LogP contribution in [0.3, 0.4) is 0 Å². The summed E-state index contributed by atoms with van der Waals surface area (Å²) in [4.78, 5) is 14.4. The van der Waals surface area contributed by atoms with Gasteiger partial charge in [0.15, 0.2) is 0 Å². The number of piperidine rings is 1. The highest BCUT2D eigenvalue weighted by Gasteiger charge is 2.16. The van der Waals surface area contributed by atoms with Crippen LogP contribution in [0.1, 0.15) is 12.8 Å². The number of halogens is 1. The average Bonchev–Trinajstić information content (AvgIpc) is 2.42. The zero-order valence-corrected chi connectivity index (χ0v) is 12.0. The molecule has 0 saturated carbocycles. The summed E-state index contributed by atoms with van der Waals surface area (Å²) in [6.07, 6.45) is 3.93. The van der Waals surface area contributed by atoms with E-state index in [1.807, 2.05) is 18.2 Å². The van der Waals surface area contributed by atoms with Crippen LogP contribution in [0.2, 0.25) is 0 Å². The van der Waals surface area contributed by atoms with E-state index in [0.717, 1.165) is 41.5 Å². The maximum atomic E-state index is 11.7. The summed E-state index contributed by atoms with van der Waals surface area (Å²) in [5.41, 5.74) is -0.0772. The molecular formula is C14H15BrN2O2. The van der Waals surface area contributed by atoms with Crippen LogP contribution in [0.5, 0.6) is 5.75 Å². The molecule has 100 valence electrons. The second kappa shape index (κ2) is 5.35. The standard InChI is InChI=1S/C14H15BrN2O2/c15-12-8-11-9(1-6-17-14(11)18)7-13(12)19-10-2-4-16-5-3-10/h1,6-8,10,16H,2-5H2,(H,17,18). The van der Waals surface area contributed by atoms with Crippen molar-refractivity contribution in [2.75, 3.05) is 13.1 Å². The van der Waals surface area contributed by atoms with Crippen molar-refractivity contribution in [3.63, 3.8) is 0 Å². The van der Waals surface area contributed by atoms with Gasteiger partial charge >= 0.3 is 0 Å². The Hall–Kier alpha value is -1.33. The van der Waals surface area contributed by atoms with E-state index in [2.05, 4.69) is 26.2 Å². The van der Waals surface area contributed by atoms with Crippen molar-refractivity contribution in [1.29, 1.82) is 0 Å². The van der Waals surface area contributed by atoms with Crippen LogP contribution in [-0.2, 0) is 0 Å². The minimum atomic E-state index is -0.0772. The summed E-state index contributed by atoms with van der Waals surface area (Å²) in [7, 11) is 0. The molecule has 4 nitrogen and oxygen atoms in total. The Balaban J connectivity index is 1.95. The molecule has 1 aromatic carbocycles. The molecule has 0 atom stereocenters. The molecule has 1 aliphatic rings. The van der Waals surface area contributed by atoms with Gasteiger partial charge in [0.05, 0.1) is 4.47 Å². The van der Waals surface area contributed by atoms with Crippen LogP contribution >= 0.6 is 15.9 Å². The predicted octanol–water partition coefficient (Wildman–Crippen LogP) is 2.42. The van der Waals surface area contributed by atoms with E-state index < -0.39 is 0 Å². The lowest BCUT2D eigenvalue weighted by atomic mass is 10.1. The predicted molar refractivity (Wildman–Crippen MR) is 78.8 cm³/mol. The lowest BCUT2D eigenvalue weighted by Crippen LogP contribution is -2.34. The first-order valence-electron chi connectivity index (χ1n) is 6.42. The van der Waals surface area contributed by atoms with Crippen LogP contribution in [0.25, 0.3) is 10.8 Å². The van der Waals surface area contributed by atoms with Crippen molar-refractivity contribution in [3.8, 4) is 5.75 Å². The molecule has 2 N–H and O–H groups in total. The van der Waals surface area contributed by atoms with Gasteiger partial charge in [-0.3, -0.25) is 4.79 Å². The highest BCUT2D eigenvalue weighted by Crippen LogP contribution is 2.30. The topological polar surface area (TPSA) is 54.1 Å². The molecule has 0 spiro atoms. The Morgan fingerprint density at radius 2 is 2.05 bits per heavy atom. The molecule has 1 fully saturated rings. The summed E-state index contributed by atoms with van der Waals surface area (Å²) in [5.74, 6) is 0.810. The first-order valence-corrected chi connectivity index (χ1v) is 7.21. The largest absolute Gasteiger partial charge is 0.489 e. The number of pyridine rings is 1. The molecule has 3 rings (SSSR count). The molecule has 0 aliphatic carbocycles. The third-order valence-corrected chi connectivity index (χ3v) is 4.03. The van der Waals surface area contributed by atoms with Gasteiger partial charge in [-0.05, 0) is 65.4 Å². The van der Waals surface area contributed by atoms with Gasteiger partial charge in [0.2, 0.25) is 0 Å². The third kappa shape index (κ3) is 2.67. The van der Waals surface area contributed by atoms with Gasteiger partial charge in [0.25, 0.3) is 5.56 Å². The molecule has 1 saturated heterocycles. The number of rotatable bonds is 2. The van der Waals surface area contributed by atoms with E-state index in [0.29, 0.717) is 5.39 Å². The van der Waals surface area contributed by atoms with Crippen LogP contribution in [0.15, 0.2) is 33.7 Å². The highest BCUT2D eigenvalue weighted by atomic mass is 79.9. The first kappa shape index (κ1) is 12.7. The van der Waals surface area contributed by atoms with Crippen LogP contribution in [0.4, 0.5) is 0 Å². The Morgan fingerprint density at radius 1 is 1.26 bits per heavy atom. The number of fused-ring (bicyclic) bond motifs is 1. The normalized spacial score (nSPS) is 16.7. The fourth-order valence-corrected chi connectivity index (χ4v) is 2.81. The molecule has 1 aromatic heterocycles. The van der Waals surface area contributed by atoms with Crippen molar-refractivity contribution in [2.24, 2.45) is 0 Å². The molecule has 1 aliphatic heterocycles. The number of nitrogens with one attached hydrogen (secondary N) is 2. The van der Waals surface area contributed by atoms with Crippen molar-refractivity contribution in [3.05, 3.63) is 39.2 Å². The zero-order chi connectivity index (χ0) is 13.2. The molecule has 2 heterocycles. The minimum Gasteiger partial charge on any atom is -0.489 e. The van der Waals surface area contributed by atoms with Gasteiger partial charge in [0.1, 0.15) is 11.9 Å². The maximum absolute atomic E-state index is 11.7. The van der Waals surface area contributed by atoms with E-state index >= 15 is 0 Å². The van der Waals surface area contributed by atoms with Gasteiger partial charge in [0, 0.05) is 11.6 Å². The number of H-pyrrole nitrogens is 1. The van der Waals surface area contributed by atoms with Gasteiger partial charge in [-0.1, -0.05) is 0 Å². The zero-order valence-electron chi connectivity index (χ0n) is 10.4. The van der Waals surface area contributed by atoms with Gasteiger partial charge in [-0.2, -0.15) is 0 Å². The van der Waals surface area contributed by atoms with E-state index in [4.69, 9.17) is 4.74 Å². The molecule has 0 unspecified atom stereocenters. The van der Waals surface area contributed by atoms with Gasteiger partial charge in [-0.15, -0.1) is 0 Å². The molecular weight excluding hydrogens is 308 g/mol. The van der Waals surface area contributed by atoms with E-state index in [-0.39, 0.29) is 11.7 Å². The number of hydrogen-bond donors (Lipinski definition) is 2. The highest BCUT2D eigenvalue weighted by molar-refractivity contribution is 9.10. The molecule has 0 bridgehead atoms. The number of hydrogen-bond acceptors (Lipinski definition) is 3. The van der Waals surface area contributed by atoms with Crippen molar-refractivity contribution < 1.29 is 4.74 Å². The fraction of sp³-hybridized carbons (Fsp3) is 0.357. The Bertz CT molecular complexity index is 647. The number of aromatic amines is 1. The summed E-state index contributed by atoms with van der Waals surface area (Å²) >= 11 is 3.48. The SMILES string of the molecule is O=c1[nH]ccc2cc(OC3CCNCC3)c(Br)cc12. The fourth-order valence-electron chi connectivity index (χ4n) is 2.37. The lowest BCUT2D eigenvalue weighted by molar-refractivity contribution is 0.161. The van der Waals surface area contributed by atoms with Gasteiger partial charge < -0.3 is 15.0 Å². The number of ether oxygens (including phenoxy) is 1. The molecule has 5 heteroatoms. The minimum absolute atomic E-state index is 0.0772. The monoisotopic (exact) mass is 322 g/mol. The van der Waals surface area contributed by atoms with E-state index in [1.165, 1.54) is 0 Å². The maximum Gasteiger partial charge on any atom is 0.255 e. The second-order valence-electron chi connectivity index (χ2n) is 4.74. The lowest BCUT2D eigenvalue weighted by Gasteiger charge is -2.24. The van der Waals surface area contributed by atoms with Crippen molar-refractivity contribution in [2.45, 2.75) is 18.9 Å².